The highest BCUT2D eigenvalue weighted by Crippen LogP contribution is 2.34. The van der Waals surface area contributed by atoms with Gasteiger partial charge < -0.3 is 0 Å². The first-order valence-electron chi connectivity index (χ1n) is 11.5. The summed E-state index contributed by atoms with van der Waals surface area (Å²) < 4.78 is 74.2. The zero-order valence-electron chi connectivity index (χ0n) is 19.1. The minimum atomic E-state index is -1.33. The van der Waals surface area contributed by atoms with E-state index in [9.17, 15) is 13.2 Å². The van der Waals surface area contributed by atoms with Gasteiger partial charge in [-0.05, 0) is 60.0 Å². The molecule has 0 nitrogen and oxygen atoms in total. The van der Waals surface area contributed by atoms with Gasteiger partial charge >= 0.3 is 0 Å². The van der Waals surface area contributed by atoms with Crippen LogP contribution < -0.4 is 0 Å². The summed E-state index contributed by atoms with van der Waals surface area (Å²) in [5.74, 6) is -1.89. The van der Waals surface area contributed by atoms with Gasteiger partial charge in [0.1, 0.15) is 17.5 Å². The van der Waals surface area contributed by atoms with Crippen LogP contribution >= 0.6 is 0 Å². The van der Waals surface area contributed by atoms with E-state index in [1.54, 1.807) is 0 Å². The summed E-state index contributed by atoms with van der Waals surface area (Å²) in [5, 5.41) is 0. The molecule has 0 unspecified atom stereocenters. The topological polar surface area (TPSA) is 0 Å². The molecule has 0 heterocycles. The van der Waals surface area contributed by atoms with E-state index in [0.29, 0.717) is 17.9 Å². The molecule has 0 N–H and O–H groups in total. The Kier molecular flexibility index (Phi) is 4.81. The van der Waals surface area contributed by atoms with Gasteiger partial charge in [0.25, 0.3) is 0 Å². The molecule has 0 bridgehead atoms. The van der Waals surface area contributed by atoms with Gasteiger partial charge in [-0.2, -0.15) is 0 Å². The van der Waals surface area contributed by atoms with Crippen molar-refractivity contribution < 1.29 is 18.7 Å². The van der Waals surface area contributed by atoms with Crippen LogP contribution in [0.1, 0.15) is 62.9 Å². The maximum atomic E-state index is 14.8. The Morgan fingerprint density at radius 3 is 1.96 bits per heavy atom. The molecule has 140 valence electrons. The van der Waals surface area contributed by atoms with Gasteiger partial charge in [0.2, 0.25) is 0 Å². The summed E-state index contributed by atoms with van der Waals surface area (Å²) in [7, 11) is 0. The minimum absolute atomic E-state index is 0.502. The van der Waals surface area contributed by atoms with E-state index in [-0.39, 0.29) is 0 Å². The van der Waals surface area contributed by atoms with Crippen molar-refractivity contribution in [2.24, 2.45) is 11.8 Å². The minimum Gasteiger partial charge on any atom is -0.207 e. The van der Waals surface area contributed by atoms with Gasteiger partial charge in [-0.1, -0.05) is 57.5 Å². The van der Waals surface area contributed by atoms with Crippen LogP contribution in [0.2, 0.25) is 0 Å². The average molecular weight is 364 g/mol. The van der Waals surface area contributed by atoms with E-state index in [4.69, 9.17) is 5.48 Å². The molecule has 0 spiro atoms. The number of hydrogen-bond donors (Lipinski definition) is 0. The summed E-state index contributed by atoms with van der Waals surface area (Å²) in [4.78, 5) is 0. The molecule has 1 aliphatic rings. The molecule has 0 saturated heterocycles. The Balaban J connectivity index is 1.79. The number of aryl methyl sites for hydroxylation is 1. The van der Waals surface area contributed by atoms with E-state index in [1.807, 2.05) is 0 Å². The zero-order valence-corrected chi connectivity index (χ0v) is 15.1. The Bertz CT molecular complexity index is 869. The van der Waals surface area contributed by atoms with Crippen molar-refractivity contribution in [2.45, 2.75) is 58.3 Å². The first-order valence-corrected chi connectivity index (χ1v) is 9.48. The van der Waals surface area contributed by atoms with Crippen molar-refractivity contribution in [2.75, 3.05) is 0 Å². The molecular weight excluding hydrogens is 333 g/mol. The summed E-state index contributed by atoms with van der Waals surface area (Å²) in [6.07, 6.45) is 8.59. The quantitative estimate of drug-likeness (QED) is 0.504. The molecule has 1 aliphatic carbocycles. The molecule has 26 heavy (non-hydrogen) atoms. The molecule has 1 fully saturated rings. The molecule has 1 saturated carbocycles. The van der Waals surface area contributed by atoms with Crippen molar-refractivity contribution in [3.8, 4) is 11.1 Å². The molecule has 3 heteroatoms. The van der Waals surface area contributed by atoms with Crippen LogP contribution in [0.3, 0.4) is 0 Å². The van der Waals surface area contributed by atoms with Crippen LogP contribution in [0.5, 0.6) is 0 Å². The number of halogens is 3. The number of hydrogen-bond acceptors (Lipinski definition) is 0. The zero-order chi connectivity index (χ0) is 22.0. The third kappa shape index (κ3) is 4.69. The number of benzene rings is 2. The SMILES string of the molecule is [2H]c1c([2H])c(-c2c(F)cc(CCC3CCC(CCC)CC3)cc2F)c([2H])c([2H])c1F. The highest BCUT2D eigenvalue weighted by molar-refractivity contribution is 5.65. The van der Waals surface area contributed by atoms with E-state index in [1.165, 1.54) is 37.8 Å². The molecule has 2 aromatic rings. The standard InChI is InChI=1S/C23H27F3/c1-2-3-16-4-6-17(7-5-16)8-9-18-14-21(25)23(22(26)15-18)19-10-12-20(24)13-11-19/h10-17H,2-9H2,1H3/i10D,11D,12D,13D. The van der Waals surface area contributed by atoms with Crippen molar-refractivity contribution in [1.82, 2.24) is 0 Å². The summed E-state index contributed by atoms with van der Waals surface area (Å²) >= 11 is 0. The molecule has 2 aromatic carbocycles. The normalized spacial score (nSPS) is 22.5. The lowest BCUT2D eigenvalue weighted by molar-refractivity contribution is 0.252. The maximum Gasteiger partial charge on any atom is 0.134 e. The lowest BCUT2D eigenvalue weighted by Gasteiger charge is -2.28. The van der Waals surface area contributed by atoms with Crippen LogP contribution in [0.15, 0.2) is 36.3 Å². The molecule has 0 radical (unpaired) electrons. The van der Waals surface area contributed by atoms with E-state index >= 15 is 0 Å². The van der Waals surface area contributed by atoms with E-state index < -0.39 is 52.7 Å². The van der Waals surface area contributed by atoms with Crippen molar-refractivity contribution >= 4 is 0 Å². The summed E-state index contributed by atoms with van der Waals surface area (Å²) in [5.41, 5.74) is -0.695. The first kappa shape index (κ1) is 14.3. The van der Waals surface area contributed by atoms with Gasteiger partial charge in [-0.25, -0.2) is 13.2 Å². The predicted octanol–water partition coefficient (Wildman–Crippen LogP) is 7.31. The molecule has 0 amide bonds. The fourth-order valence-electron chi connectivity index (χ4n) is 4.02. The lowest BCUT2D eigenvalue weighted by atomic mass is 9.78. The number of rotatable bonds is 6. The van der Waals surface area contributed by atoms with Gasteiger partial charge in [0.05, 0.1) is 11.0 Å². The monoisotopic (exact) mass is 364 g/mol. The van der Waals surface area contributed by atoms with Gasteiger partial charge in [0.15, 0.2) is 0 Å². The second-order valence-corrected chi connectivity index (χ2v) is 7.34. The molecule has 3 rings (SSSR count). The fraction of sp³-hybridized carbons (Fsp3) is 0.478. The largest absolute Gasteiger partial charge is 0.207 e. The Morgan fingerprint density at radius 1 is 0.885 bits per heavy atom. The van der Waals surface area contributed by atoms with Crippen LogP contribution in [-0.4, -0.2) is 0 Å². The van der Waals surface area contributed by atoms with Gasteiger partial charge in [-0.15, -0.1) is 0 Å². The third-order valence-corrected chi connectivity index (χ3v) is 5.45. The molecule has 0 aliphatic heterocycles. The highest BCUT2D eigenvalue weighted by Gasteiger charge is 2.21. The van der Waals surface area contributed by atoms with Crippen LogP contribution in [0.4, 0.5) is 13.2 Å². The first-order chi connectivity index (χ1) is 14.2. The average Bonchev–Trinajstić information content (AvgIpc) is 2.72. The van der Waals surface area contributed by atoms with Crippen LogP contribution in [-0.2, 0) is 6.42 Å². The fourth-order valence-corrected chi connectivity index (χ4v) is 4.02. The van der Waals surface area contributed by atoms with Crippen molar-refractivity contribution in [3.63, 3.8) is 0 Å². The smallest absolute Gasteiger partial charge is 0.134 e. The Morgan fingerprint density at radius 2 is 1.42 bits per heavy atom. The van der Waals surface area contributed by atoms with E-state index in [2.05, 4.69) is 6.92 Å². The predicted molar refractivity (Wildman–Crippen MR) is 100 cm³/mol. The third-order valence-electron chi connectivity index (χ3n) is 5.45. The summed E-state index contributed by atoms with van der Waals surface area (Å²) in [6, 6.07) is -1.07. The molecule has 0 atom stereocenters. The second-order valence-electron chi connectivity index (χ2n) is 7.34. The second kappa shape index (κ2) is 8.75. The van der Waals surface area contributed by atoms with Crippen molar-refractivity contribution in [3.05, 3.63) is 59.3 Å². The van der Waals surface area contributed by atoms with Gasteiger partial charge in [-0.3, -0.25) is 0 Å². The van der Waals surface area contributed by atoms with Crippen LogP contribution in [0.25, 0.3) is 11.1 Å². The Hall–Kier alpha value is -1.77. The highest BCUT2D eigenvalue weighted by atomic mass is 19.1. The maximum absolute atomic E-state index is 14.8. The van der Waals surface area contributed by atoms with Crippen LogP contribution in [0, 0.1) is 29.3 Å². The summed E-state index contributed by atoms with van der Waals surface area (Å²) in [6.45, 7) is 2.20. The van der Waals surface area contributed by atoms with E-state index in [0.717, 1.165) is 25.2 Å². The van der Waals surface area contributed by atoms with Crippen molar-refractivity contribution in [1.29, 1.82) is 0 Å². The lowest BCUT2D eigenvalue weighted by Crippen LogP contribution is -2.15. The van der Waals surface area contributed by atoms with Gasteiger partial charge in [0, 0.05) is 0 Å². The Labute approximate surface area is 160 Å². The molecular formula is C23H27F3. The molecule has 0 aromatic heterocycles.